The Bertz CT molecular complexity index is 914. The van der Waals surface area contributed by atoms with Gasteiger partial charge in [-0.25, -0.2) is 0 Å². The molecule has 0 atom stereocenters. The van der Waals surface area contributed by atoms with Crippen LogP contribution in [-0.4, -0.2) is 40.5 Å². The average molecular weight is 364 g/mol. The van der Waals surface area contributed by atoms with Crippen LogP contribution in [0, 0.1) is 0 Å². The predicted octanol–water partition coefficient (Wildman–Crippen LogP) is 2.95. The van der Waals surface area contributed by atoms with Crippen molar-refractivity contribution in [3.63, 3.8) is 0 Å². The van der Waals surface area contributed by atoms with Gasteiger partial charge in [-0.15, -0.1) is 0 Å². The van der Waals surface area contributed by atoms with E-state index < -0.39 is 0 Å². The molecule has 2 aliphatic heterocycles. The molecule has 0 amide bonds. The normalized spacial score (nSPS) is 20.9. The fraction of sp³-hybridized carbons (Fsp3) is 0.400. The Morgan fingerprint density at radius 3 is 2.37 bits per heavy atom. The van der Waals surface area contributed by atoms with Crippen molar-refractivity contribution < 1.29 is 9.31 Å². The SMILES string of the molecule is Cn1cc(-c2cccc(C3=NCC(B4OC(C)(C)C(C)(C)O4)=CN3)c2)cn1. The zero-order valence-electron chi connectivity index (χ0n) is 16.5. The first-order chi connectivity index (χ1) is 12.7. The molecule has 1 N–H and O–H groups in total. The number of nitrogens with one attached hydrogen (secondary N) is 1. The molecule has 6 nitrogen and oxygen atoms in total. The van der Waals surface area contributed by atoms with Crippen LogP contribution in [-0.2, 0) is 16.4 Å². The molecule has 0 bridgehead atoms. The van der Waals surface area contributed by atoms with Crippen LogP contribution in [0.5, 0.6) is 0 Å². The molecule has 0 saturated carbocycles. The van der Waals surface area contributed by atoms with Crippen molar-refractivity contribution in [1.82, 2.24) is 15.1 Å². The molecule has 0 spiro atoms. The van der Waals surface area contributed by atoms with Gasteiger partial charge in [0.05, 0.1) is 23.9 Å². The highest BCUT2D eigenvalue weighted by Gasteiger charge is 2.52. The molecular formula is C20H25BN4O2. The van der Waals surface area contributed by atoms with Crippen LogP contribution < -0.4 is 5.32 Å². The van der Waals surface area contributed by atoms with Crippen LogP contribution in [0.15, 0.2) is 53.3 Å². The fourth-order valence-corrected chi connectivity index (χ4v) is 3.15. The van der Waals surface area contributed by atoms with Crippen molar-refractivity contribution in [1.29, 1.82) is 0 Å². The zero-order chi connectivity index (χ0) is 19.2. The monoisotopic (exact) mass is 364 g/mol. The first kappa shape index (κ1) is 18.0. The van der Waals surface area contributed by atoms with Crippen molar-refractivity contribution in [3.05, 3.63) is 53.9 Å². The van der Waals surface area contributed by atoms with E-state index in [9.17, 15) is 0 Å². The number of rotatable bonds is 3. The molecule has 0 radical (unpaired) electrons. The van der Waals surface area contributed by atoms with Crippen LogP contribution in [0.25, 0.3) is 11.1 Å². The van der Waals surface area contributed by atoms with Gasteiger partial charge >= 0.3 is 7.12 Å². The number of hydrogen-bond acceptors (Lipinski definition) is 5. The lowest BCUT2D eigenvalue weighted by atomic mass is 9.78. The highest BCUT2D eigenvalue weighted by atomic mass is 16.7. The summed E-state index contributed by atoms with van der Waals surface area (Å²) >= 11 is 0. The zero-order valence-corrected chi connectivity index (χ0v) is 16.5. The maximum atomic E-state index is 6.11. The fourth-order valence-electron chi connectivity index (χ4n) is 3.15. The lowest BCUT2D eigenvalue weighted by Gasteiger charge is -2.32. The predicted molar refractivity (Wildman–Crippen MR) is 107 cm³/mol. The molecule has 7 heteroatoms. The summed E-state index contributed by atoms with van der Waals surface area (Å²) in [7, 11) is 1.55. The minimum Gasteiger partial charge on any atom is -0.399 e. The van der Waals surface area contributed by atoms with Gasteiger partial charge in [-0.05, 0) is 44.8 Å². The van der Waals surface area contributed by atoms with Crippen molar-refractivity contribution in [2.75, 3.05) is 6.54 Å². The standard InChI is InChI=1S/C20H25BN4O2/c1-19(2)20(3,4)27-21(26-19)17-11-22-18(23-12-17)15-8-6-7-14(9-15)16-10-24-25(5)13-16/h6-11,13H,12H2,1-5H3,(H,22,23). The molecule has 1 fully saturated rings. The maximum Gasteiger partial charge on any atom is 0.493 e. The molecule has 3 heterocycles. The molecular weight excluding hydrogens is 339 g/mol. The van der Waals surface area contributed by atoms with Crippen LogP contribution in [0.3, 0.4) is 0 Å². The minimum absolute atomic E-state index is 0.347. The van der Waals surface area contributed by atoms with Crippen molar-refractivity contribution >= 4 is 13.0 Å². The van der Waals surface area contributed by atoms with Gasteiger partial charge in [-0.1, -0.05) is 18.2 Å². The van der Waals surface area contributed by atoms with E-state index >= 15 is 0 Å². The van der Waals surface area contributed by atoms with E-state index in [1.165, 1.54) is 0 Å². The molecule has 1 saturated heterocycles. The van der Waals surface area contributed by atoms with E-state index in [-0.39, 0.29) is 18.3 Å². The van der Waals surface area contributed by atoms with Gasteiger partial charge in [-0.2, -0.15) is 5.10 Å². The van der Waals surface area contributed by atoms with E-state index in [1.807, 2.05) is 31.7 Å². The van der Waals surface area contributed by atoms with Crippen LogP contribution >= 0.6 is 0 Å². The molecule has 2 aromatic rings. The van der Waals surface area contributed by atoms with E-state index in [1.54, 1.807) is 4.68 Å². The number of benzene rings is 1. The van der Waals surface area contributed by atoms with E-state index in [0.29, 0.717) is 6.54 Å². The Morgan fingerprint density at radius 1 is 1.07 bits per heavy atom. The van der Waals surface area contributed by atoms with Gasteiger partial charge in [0.2, 0.25) is 0 Å². The number of aryl methyl sites for hydroxylation is 1. The summed E-state index contributed by atoms with van der Waals surface area (Å²) in [5.74, 6) is 0.848. The first-order valence-corrected chi connectivity index (χ1v) is 9.20. The second-order valence-corrected chi connectivity index (χ2v) is 8.10. The van der Waals surface area contributed by atoms with Crippen molar-refractivity contribution in [2.45, 2.75) is 38.9 Å². The molecule has 1 aromatic carbocycles. The third-order valence-corrected chi connectivity index (χ3v) is 5.54. The Labute approximate surface area is 160 Å². The molecule has 4 rings (SSSR count). The van der Waals surface area contributed by atoms with Crippen molar-refractivity contribution in [3.8, 4) is 11.1 Å². The second-order valence-electron chi connectivity index (χ2n) is 8.10. The van der Waals surface area contributed by atoms with E-state index in [0.717, 1.165) is 28.0 Å². The van der Waals surface area contributed by atoms with Gasteiger partial charge in [0, 0.05) is 30.6 Å². The highest BCUT2D eigenvalue weighted by Crippen LogP contribution is 2.38. The molecule has 27 heavy (non-hydrogen) atoms. The van der Waals surface area contributed by atoms with Crippen LogP contribution in [0.2, 0.25) is 0 Å². The van der Waals surface area contributed by atoms with E-state index in [4.69, 9.17) is 14.3 Å². The second kappa shape index (κ2) is 6.35. The number of amidine groups is 1. The van der Waals surface area contributed by atoms with Crippen LogP contribution in [0.1, 0.15) is 33.3 Å². The minimum atomic E-state index is -0.366. The average Bonchev–Trinajstić information content (AvgIpc) is 3.16. The van der Waals surface area contributed by atoms with Gasteiger partial charge in [0.25, 0.3) is 0 Å². The summed E-state index contributed by atoms with van der Waals surface area (Å²) in [6, 6.07) is 8.29. The number of aromatic nitrogens is 2. The van der Waals surface area contributed by atoms with Gasteiger partial charge < -0.3 is 14.6 Å². The summed E-state index contributed by atoms with van der Waals surface area (Å²) < 4.78 is 14.0. The van der Waals surface area contributed by atoms with Gasteiger partial charge in [0.1, 0.15) is 5.84 Å². The number of hydrogen-bond donors (Lipinski definition) is 1. The Hall–Kier alpha value is -2.38. The largest absolute Gasteiger partial charge is 0.493 e. The van der Waals surface area contributed by atoms with Crippen molar-refractivity contribution in [2.24, 2.45) is 12.0 Å². The van der Waals surface area contributed by atoms with E-state index in [2.05, 4.69) is 56.3 Å². The Balaban J connectivity index is 1.49. The van der Waals surface area contributed by atoms with Crippen LogP contribution in [0.4, 0.5) is 0 Å². The molecule has 1 aromatic heterocycles. The third kappa shape index (κ3) is 3.33. The maximum absolute atomic E-state index is 6.11. The molecule has 0 unspecified atom stereocenters. The summed E-state index contributed by atoms with van der Waals surface area (Å²) in [4.78, 5) is 4.72. The summed E-state index contributed by atoms with van der Waals surface area (Å²) in [6.07, 6.45) is 5.83. The lowest BCUT2D eigenvalue weighted by Crippen LogP contribution is -2.41. The Morgan fingerprint density at radius 2 is 1.78 bits per heavy atom. The number of nitrogens with zero attached hydrogens (tertiary/aromatic N) is 3. The van der Waals surface area contributed by atoms with Gasteiger partial charge in [-0.3, -0.25) is 9.67 Å². The molecule has 2 aliphatic rings. The van der Waals surface area contributed by atoms with Gasteiger partial charge in [0.15, 0.2) is 0 Å². The number of aliphatic imine (C=N–C) groups is 1. The topological polar surface area (TPSA) is 60.7 Å². The first-order valence-electron chi connectivity index (χ1n) is 9.20. The summed E-state index contributed by atoms with van der Waals surface area (Å²) in [6.45, 7) is 8.78. The summed E-state index contributed by atoms with van der Waals surface area (Å²) in [5, 5.41) is 7.55. The highest BCUT2D eigenvalue weighted by molar-refractivity contribution is 6.55. The quantitative estimate of drug-likeness (QED) is 0.851. The lowest BCUT2D eigenvalue weighted by molar-refractivity contribution is 0.00578. The summed E-state index contributed by atoms with van der Waals surface area (Å²) in [5.41, 5.74) is 3.55. The smallest absolute Gasteiger partial charge is 0.399 e. The molecule has 140 valence electrons. The third-order valence-electron chi connectivity index (χ3n) is 5.54. The Kier molecular flexibility index (Phi) is 4.24. The molecule has 0 aliphatic carbocycles.